The topological polar surface area (TPSA) is 22.1 Å². The molecule has 0 saturated heterocycles. The molecule has 2 aromatic rings. The molecule has 4 heteroatoms. The summed E-state index contributed by atoms with van der Waals surface area (Å²) in [5.74, 6) is 0.609. The molecule has 0 amide bonds. The summed E-state index contributed by atoms with van der Waals surface area (Å²) in [6.07, 6.45) is 0.770. The number of nitrogens with zero attached hydrogens (tertiary/aromatic N) is 1. The lowest BCUT2D eigenvalue weighted by Crippen LogP contribution is -2.00. The number of ether oxygens (including phenoxy) is 1. The Bertz CT molecular complexity index is 584. The maximum absolute atomic E-state index is 13.8. The third kappa shape index (κ3) is 2.41. The molecule has 0 fully saturated rings. The highest BCUT2D eigenvalue weighted by Gasteiger charge is 2.13. The first-order chi connectivity index (χ1) is 8.52. The van der Waals surface area contributed by atoms with Crippen molar-refractivity contribution >= 4 is 22.5 Å². The Morgan fingerprint density at radius 2 is 2.11 bits per heavy atom. The van der Waals surface area contributed by atoms with Gasteiger partial charge in [-0.15, -0.1) is 0 Å². The zero-order chi connectivity index (χ0) is 13.3. The van der Waals surface area contributed by atoms with Crippen LogP contribution in [0.1, 0.15) is 19.5 Å². The highest BCUT2D eigenvalue weighted by atomic mass is 35.5. The lowest BCUT2D eigenvalue weighted by atomic mass is 10.1. The molecule has 0 atom stereocenters. The molecule has 0 spiro atoms. The number of benzene rings is 1. The van der Waals surface area contributed by atoms with Gasteiger partial charge in [0.15, 0.2) is 0 Å². The van der Waals surface area contributed by atoms with Crippen molar-refractivity contribution in [1.29, 1.82) is 0 Å². The summed E-state index contributed by atoms with van der Waals surface area (Å²) in [5, 5.41) is 1.01. The predicted molar refractivity (Wildman–Crippen MR) is 71.8 cm³/mol. The van der Waals surface area contributed by atoms with Crippen molar-refractivity contribution < 1.29 is 9.13 Å². The van der Waals surface area contributed by atoms with E-state index < -0.39 is 0 Å². The number of halogens is 2. The monoisotopic (exact) mass is 267 g/mol. The van der Waals surface area contributed by atoms with Gasteiger partial charge in [0.05, 0.1) is 17.5 Å². The van der Waals surface area contributed by atoms with Gasteiger partial charge in [-0.3, -0.25) is 0 Å². The molecule has 1 aromatic heterocycles. The maximum Gasteiger partial charge on any atom is 0.149 e. The van der Waals surface area contributed by atoms with E-state index in [1.165, 1.54) is 13.2 Å². The minimum atomic E-state index is -0.377. The van der Waals surface area contributed by atoms with Crippen LogP contribution in [0.5, 0.6) is 5.75 Å². The summed E-state index contributed by atoms with van der Waals surface area (Å²) in [6, 6.07) is 4.70. The number of methoxy groups -OCH3 is 1. The smallest absolute Gasteiger partial charge is 0.149 e. The Balaban J connectivity index is 2.68. The molecule has 2 nitrogen and oxygen atoms in total. The van der Waals surface area contributed by atoms with E-state index in [0.717, 1.165) is 12.1 Å². The van der Waals surface area contributed by atoms with Crippen molar-refractivity contribution in [3.05, 3.63) is 34.7 Å². The second kappa shape index (κ2) is 5.11. The van der Waals surface area contributed by atoms with E-state index in [2.05, 4.69) is 18.8 Å². The lowest BCUT2D eigenvalue weighted by Gasteiger charge is -2.11. The molecule has 2 rings (SSSR count). The lowest BCUT2D eigenvalue weighted by molar-refractivity contribution is 0.419. The molecule has 0 unspecified atom stereocenters. The quantitative estimate of drug-likeness (QED) is 0.830. The maximum atomic E-state index is 13.8. The van der Waals surface area contributed by atoms with Gasteiger partial charge in [-0.05, 0) is 30.5 Å². The first kappa shape index (κ1) is 13.1. The molecule has 0 aliphatic carbocycles. The van der Waals surface area contributed by atoms with E-state index in [0.29, 0.717) is 22.1 Å². The van der Waals surface area contributed by atoms with Gasteiger partial charge in [-0.2, -0.15) is 0 Å². The van der Waals surface area contributed by atoms with E-state index in [1.54, 1.807) is 12.1 Å². The Hall–Kier alpha value is -1.35. The van der Waals surface area contributed by atoms with E-state index in [4.69, 9.17) is 16.3 Å². The van der Waals surface area contributed by atoms with E-state index >= 15 is 0 Å². The van der Waals surface area contributed by atoms with Gasteiger partial charge in [0.2, 0.25) is 0 Å². The Labute approximate surface area is 111 Å². The molecule has 0 radical (unpaired) electrons. The Kier molecular flexibility index (Phi) is 3.71. The molecule has 0 bridgehead atoms. The zero-order valence-corrected chi connectivity index (χ0v) is 11.4. The molecular formula is C14H15ClFNO. The molecule has 1 aromatic carbocycles. The summed E-state index contributed by atoms with van der Waals surface area (Å²) in [6.45, 7) is 4.17. The minimum absolute atomic E-state index is 0.275. The number of hydrogen-bond acceptors (Lipinski definition) is 2. The van der Waals surface area contributed by atoms with Crippen molar-refractivity contribution in [2.75, 3.05) is 7.11 Å². The van der Waals surface area contributed by atoms with E-state index in [1.807, 2.05) is 0 Å². The van der Waals surface area contributed by atoms with Gasteiger partial charge in [-0.25, -0.2) is 9.37 Å². The van der Waals surface area contributed by atoms with Gasteiger partial charge in [0.1, 0.15) is 17.1 Å². The second-order valence-electron chi connectivity index (χ2n) is 4.67. The summed E-state index contributed by atoms with van der Waals surface area (Å²) >= 11 is 6.21. The molecule has 0 aliphatic heterocycles. The summed E-state index contributed by atoms with van der Waals surface area (Å²) < 4.78 is 19.0. The van der Waals surface area contributed by atoms with Crippen molar-refractivity contribution in [1.82, 2.24) is 4.98 Å². The van der Waals surface area contributed by atoms with Crippen LogP contribution in [-0.4, -0.2) is 12.1 Å². The van der Waals surface area contributed by atoms with Gasteiger partial charge >= 0.3 is 0 Å². The highest BCUT2D eigenvalue weighted by molar-refractivity contribution is 6.36. The largest absolute Gasteiger partial charge is 0.496 e. The molecule has 0 aliphatic rings. The fraction of sp³-hybridized carbons (Fsp3) is 0.357. The molecule has 1 heterocycles. The Morgan fingerprint density at radius 1 is 1.39 bits per heavy atom. The standard InChI is InChI=1S/C14H15ClFNO/c1-8(2)6-9-7-10(15)13-12(18-3)5-4-11(16)14(13)17-9/h4-5,7-8H,6H2,1-3H3. The van der Waals surface area contributed by atoms with Crippen molar-refractivity contribution in [2.45, 2.75) is 20.3 Å². The Morgan fingerprint density at radius 3 is 2.72 bits per heavy atom. The third-order valence-corrected chi connectivity index (χ3v) is 3.01. The van der Waals surface area contributed by atoms with Gasteiger partial charge in [0, 0.05) is 5.69 Å². The van der Waals surface area contributed by atoms with Crippen molar-refractivity contribution in [3.8, 4) is 5.75 Å². The molecule has 18 heavy (non-hydrogen) atoms. The van der Waals surface area contributed by atoms with Crippen molar-refractivity contribution in [3.63, 3.8) is 0 Å². The van der Waals surface area contributed by atoms with Crippen LogP contribution < -0.4 is 4.74 Å². The second-order valence-corrected chi connectivity index (χ2v) is 5.07. The highest BCUT2D eigenvalue weighted by Crippen LogP contribution is 2.33. The van der Waals surface area contributed by atoms with E-state index in [9.17, 15) is 4.39 Å². The van der Waals surface area contributed by atoms with Crippen LogP contribution in [-0.2, 0) is 6.42 Å². The number of pyridine rings is 1. The number of fused-ring (bicyclic) bond motifs is 1. The average Bonchev–Trinajstić information content (AvgIpc) is 2.29. The van der Waals surface area contributed by atoms with Crippen LogP contribution >= 0.6 is 11.6 Å². The fourth-order valence-corrected chi connectivity index (χ4v) is 2.28. The molecular weight excluding hydrogens is 253 g/mol. The third-order valence-electron chi connectivity index (χ3n) is 2.72. The number of rotatable bonds is 3. The van der Waals surface area contributed by atoms with Crippen LogP contribution in [0.15, 0.2) is 18.2 Å². The molecule has 0 N–H and O–H groups in total. The van der Waals surface area contributed by atoms with Crippen LogP contribution in [0.2, 0.25) is 5.02 Å². The van der Waals surface area contributed by atoms with Crippen LogP contribution in [0.3, 0.4) is 0 Å². The first-order valence-electron chi connectivity index (χ1n) is 5.84. The number of aromatic nitrogens is 1. The van der Waals surface area contributed by atoms with E-state index in [-0.39, 0.29) is 11.3 Å². The fourth-order valence-electron chi connectivity index (χ4n) is 1.97. The molecule has 96 valence electrons. The van der Waals surface area contributed by atoms with Gasteiger partial charge in [0.25, 0.3) is 0 Å². The summed E-state index contributed by atoms with van der Waals surface area (Å²) in [5.41, 5.74) is 1.08. The minimum Gasteiger partial charge on any atom is -0.496 e. The van der Waals surface area contributed by atoms with Crippen LogP contribution in [0, 0.1) is 11.7 Å². The normalized spacial score (nSPS) is 11.2. The van der Waals surface area contributed by atoms with Gasteiger partial charge < -0.3 is 4.74 Å². The zero-order valence-electron chi connectivity index (χ0n) is 10.6. The van der Waals surface area contributed by atoms with Crippen molar-refractivity contribution in [2.24, 2.45) is 5.92 Å². The predicted octanol–water partition coefficient (Wildman–Crippen LogP) is 4.23. The molecule has 0 saturated carbocycles. The van der Waals surface area contributed by atoms with Crippen LogP contribution in [0.25, 0.3) is 10.9 Å². The number of hydrogen-bond donors (Lipinski definition) is 0. The van der Waals surface area contributed by atoms with Gasteiger partial charge in [-0.1, -0.05) is 25.4 Å². The summed E-state index contributed by atoms with van der Waals surface area (Å²) in [7, 11) is 1.53. The van der Waals surface area contributed by atoms with Crippen LogP contribution in [0.4, 0.5) is 4.39 Å². The average molecular weight is 268 g/mol. The first-order valence-corrected chi connectivity index (χ1v) is 6.22. The SMILES string of the molecule is COc1ccc(F)c2nc(CC(C)C)cc(Cl)c12. The summed E-state index contributed by atoms with van der Waals surface area (Å²) in [4.78, 5) is 4.34.